The zero-order chi connectivity index (χ0) is 21.8. The number of carbonyl (C=O) groups is 1. The number of oxazole rings is 1. The normalized spacial score (nSPS) is 11.7. The number of carbonyl (C=O) groups excluding carboxylic acids is 1. The van der Waals surface area contributed by atoms with E-state index in [1.807, 2.05) is 61.5 Å². The van der Waals surface area contributed by atoms with Gasteiger partial charge in [-0.25, -0.2) is 4.98 Å². The Labute approximate surface area is 185 Å². The maximum absolute atomic E-state index is 13.0. The molecule has 4 aromatic rings. The van der Waals surface area contributed by atoms with Gasteiger partial charge in [-0.05, 0) is 48.9 Å². The van der Waals surface area contributed by atoms with E-state index in [2.05, 4.69) is 10.3 Å². The Bertz CT molecular complexity index is 1200. The molecule has 0 unspecified atom stereocenters. The highest BCUT2D eigenvalue weighted by molar-refractivity contribution is 6.30. The van der Waals surface area contributed by atoms with Crippen molar-refractivity contribution in [2.45, 2.75) is 13.0 Å². The summed E-state index contributed by atoms with van der Waals surface area (Å²) in [6.07, 6.45) is 1.65. The second kappa shape index (κ2) is 9.06. The fourth-order valence-corrected chi connectivity index (χ4v) is 3.41. The van der Waals surface area contributed by atoms with Crippen molar-refractivity contribution in [3.8, 4) is 28.5 Å². The second-order valence-corrected chi connectivity index (χ2v) is 7.49. The lowest BCUT2D eigenvalue weighted by atomic mass is 10.0. The van der Waals surface area contributed by atoms with Gasteiger partial charge < -0.3 is 14.5 Å². The van der Waals surface area contributed by atoms with Gasteiger partial charge in [0.15, 0.2) is 5.76 Å². The molecular formula is C25H21ClN2O3. The summed E-state index contributed by atoms with van der Waals surface area (Å²) in [4.78, 5) is 17.4. The molecule has 0 aliphatic rings. The average molecular weight is 433 g/mol. The highest BCUT2D eigenvalue weighted by Crippen LogP contribution is 2.30. The minimum atomic E-state index is -0.209. The average Bonchev–Trinajstić information content (AvgIpc) is 3.30. The minimum absolute atomic E-state index is 0.185. The summed E-state index contributed by atoms with van der Waals surface area (Å²) < 4.78 is 11.3. The largest absolute Gasteiger partial charge is 0.497 e. The highest BCUT2D eigenvalue weighted by atomic mass is 35.5. The molecule has 0 aliphatic heterocycles. The standard InChI is InChI=1S/C25H21ClN2O3/c1-16(17-10-12-19(26)13-11-17)28-24(29)21-8-3-4-9-22(21)25-27-15-23(31-25)18-6-5-7-20(14-18)30-2/h3-16H,1-2H3,(H,28,29)/t16-/m0/s1. The number of aromatic nitrogens is 1. The van der Waals surface area contributed by atoms with Crippen molar-refractivity contribution < 1.29 is 13.9 Å². The molecule has 3 aromatic carbocycles. The van der Waals surface area contributed by atoms with Gasteiger partial charge in [0.05, 0.1) is 24.9 Å². The monoisotopic (exact) mass is 432 g/mol. The van der Waals surface area contributed by atoms with Crippen LogP contribution in [-0.2, 0) is 0 Å². The summed E-state index contributed by atoms with van der Waals surface area (Å²) in [5.41, 5.74) is 2.92. The number of rotatable bonds is 6. The van der Waals surface area contributed by atoms with E-state index in [0.717, 1.165) is 16.9 Å². The molecule has 1 aromatic heterocycles. The van der Waals surface area contributed by atoms with E-state index in [1.54, 1.807) is 31.5 Å². The number of nitrogens with zero attached hydrogens (tertiary/aromatic N) is 1. The zero-order valence-corrected chi connectivity index (χ0v) is 17.9. The van der Waals surface area contributed by atoms with Gasteiger partial charge in [-0.2, -0.15) is 0 Å². The van der Waals surface area contributed by atoms with Crippen LogP contribution in [0.1, 0.15) is 28.9 Å². The highest BCUT2D eigenvalue weighted by Gasteiger charge is 2.19. The van der Waals surface area contributed by atoms with Crippen LogP contribution in [0.25, 0.3) is 22.8 Å². The van der Waals surface area contributed by atoms with Crippen molar-refractivity contribution in [1.29, 1.82) is 0 Å². The topological polar surface area (TPSA) is 64.4 Å². The van der Waals surface area contributed by atoms with Crippen LogP contribution in [0.4, 0.5) is 0 Å². The Morgan fingerprint density at radius 1 is 1.06 bits per heavy atom. The summed E-state index contributed by atoms with van der Waals surface area (Å²) in [6.45, 7) is 1.93. The van der Waals surface area contributed by atoms with Crippen LogP contribution < -0.4 is 10.1 Å². The van der Waals surface area contributed by atoms with Gasteiger partial charge >= 0.3 is 0 Å². The van der Waals surface area contributed by atoms with E-state index in [9.17, 15) is 4.79 Å². The molecule has 0 bridgehead atoms. The van der Waals surface area contributed by atoms with Crippen LogP contribution in [0.2, 0.25) is 5.02 Å². The van der Waals surface area contributed by atoms with E-state index in [4.69, 9.17) is 20.8 Å². The molecule has 0 radical (unpaired) electrons. The van der Waals surface area contributed by atoms with Crippen LogP contribution in [0.15, 0.2) is 83.4 Å². The summed E-state index contributed by atoms with van der Waals surface area (Å²) in [5.74, 6) is 1.49. The summed E-state index contributed by atoms with van der Waals surface area (Å²) in [6, 6.07) is 22.0. The quantitative estimate of drug-likeness (QED) is 0.396. The number of ether oxygens (including phenoxy) is 1. The molecular weight excluding hydrogens is 412 g/mol. The Morgan fingerprint density at radius 3 is 2.61 bits per heavy atom. The fraction of sp³-hybridized carbons (Fsp3) is 0.120. The molecule has 1 heterocycles. The first-order valence-electron chi connectivity index (χ1n) is 9.81. The number of methoxy groups -OCH3 is 1. The number of benzene rings is 3. The number of amides is 1. The molecule has 0 saturated carbocycles. The SMILES string of the molecule is COc1cccc(-c2cnc(-c3ccccc3C(=O)N[C@@H](C)c3ccc(Cl)cc3)o2)c1. The van der Waals surface area contributed by atoms with Gasteiger partial charge in [-0.15, -0.1) is 0 Å². The summed E-state index contributed by atoms with van der Waals surface area (Å²) >= 11 is 5.96. The van der Waals surface area contributed by atoms with Crippen molar-refractivity contribution in [1.82, 2.24) is 10.3 Å². The predicted molar refractivity (Wildman–Crippen MR) is 121 cm³/mol. The Kier molecular flexibility index (Phi) is 6.05. The van der Waals surface area contributed by atoms with E-state index in [1.165, 1.54) is 0 Å². The molecule has 0 spiro atoms. The van der Waals surface area contributed by atoms with Crippen LogP contribution in [0.3, 0.4) is 0 Å². The molecule has 156 valence electrons. The number of hydrogen-bond donors (Lipinski definition) is 1. The molecule has 0 aliphatic carbocycles. The Hall–Kier alpha value is -3.57. The lowest BCUT2D eigenvalue weighted by Gasteiger charge is -2.15. The third-order valence-electron chi connectivity index (χ3n) is 4.98. The fourth-order valence-electron chi connectivity index (χ4n) is 3.29. The smallest absolute Gasteiger partial charge is 0.252 e. The first-order valence-corrected chi connectivity index (χ1v) is 10.2. The maximum atomic E-state index is 13.0. The second-order valence-electron chi connectivity index (χ2n) is 7.05. The number of halogens is 1. The van der Waals surface area contributed by atoms with Gasteiger partial charge in [0.1, 0.15) is 5.75 Å². The van der Waals surface area contributed by atoms with Crippen LogP contribution >= 0.6 is 11.6 Å². The van der Waals surface area contributed by atoms with Crippen LogP contribution in [-0.4, -0.2) is 18.0 Å². The Morgan fingerprint density at radius 2 is 1.84 bits per heavy atom. The van der Waals surface area contributed by atoms with Crippen molar-refractivity contribution >= 4 is 17.5 Å². The Balaban J connectivity index is 1.59. The molecule has 0 saturated heterocycles. The van der Waals surface area contributed by atoms with Crippen LogP contribution in [0.5, 0.6) is 5.75 Å². The van der Waals surface area contributed by atoms with Gasteiger partial charge in [-0.3, -0.25) is 4.79 Å². The van der Waals surface area contributed by atoms with E-state index < -0.39 is 0 Å². The molecule has 6 heteroatoms. The summed E-state index contributed by atoms with van der Waals surface area (Å²) in [7, 11) is 1.62. The molecule has 0 fully saturated rings. The molecule has 1 atom stereocenters. The first-order chi connectivity index (χ1) is 15.0. The summed E-state index contributed by atoms with van der Waals surface area (Å²) in [5, 5.41) is 3.68. The van der Waals surface area contributed by atoms with E-state index in [0.29, 0.717) is 27.8 Å². The van der Waals surface area contributed by atoms with E-state index >= 15 is 0 Å². The predicted octanol–water partition coefficient (Wildman–Crippen LogP) is 6.16. The lowest BCUT2D eigenvalue weighted by molar-refractivity contribution is 0.0940. The number of hydrogen-bond acceptors (Lipinski definition) is 4. The van der Waals surface area contributed by atoms with Gasteiger partial charge in [0.25, 0.3) is 5.91 Å². The molecule has 1 amide bonds. The van der Waals surface area contributed by atoms with Gasteiger partial charge in [0.2, 0.25) is 5.89 Å². The van der Waals surface area contributed by atoms with Crippen LogP contribution in [0, 0.1) is 0 Å². The molecule has 1 N–H and O–H groups in total. The third kappa shape index (κ3) is 4.62. The van der Waals surface area contributed by atoms with E-state index in [-0.39, 0.29) is 11.9 Å². The van der Waals surface area contributed by atoms with Crippen molar-refractivity contribution in [3.63, 3.8) is 0 Å². The molecule has 4 rings (SSSR count). The molecule has 5 nitrogen and oxygen atoms in total. The maximum Gasteiger partial charge on any atom is 0.252 e. The van der Waals surface area contributed by atoms with Gasteiger partial charge in [0, 0.05) is 16.1 Å². The molecule has 31 heavy (non-hydrogen) atoms. The number of nitrogens with one attached hydrogen (secondary N) is 1. The van der Waals surface area contributed by atoms with Crippen molar-refractivity contribution in [2.75, 3.05) is 7.11 Å². The van der Waals surface area contributed by atoms with Gasteiger partial charge in [-0.1, -0.05) is 48.0 Å². The first kappa shape index (κ1) is 20.7. The van der Waals surface area contributed by atoms with Crippen molar-refractivity contribution in [3.05, 3.63) is 95.1 Å². The van der Waals surface area contributed by atoms with Crippen molar-refractivity contribution in [2.24, 2.45) is 0 Å². The zero-order valence-electron chi connectivity index (χ0n) is 17.1. The minimum Gasteiger partial charge on any atom is -0.497 e. The third-order valence-corrected chi connectivity index (χ3v) is 5.23. The lowest BCUT2D eigenvalue weighted by Crippen LogP contribution is -2.27.